The van der Waals surface area contributed by atoms with Crippen molar-refractivity contribution in [2.75, 3.05) is 27.2 Å². The molecule has 5 heteroatoms. The molecule has 0 aliphatic heterocycles. The van der Waals surface area contributed by atoms with E-state index in [9.17, 15) is 9.59 Å². The number of amides is 2. The maximum absolute atomic E-state index is 12.3. The van der Waals surface area contributed by atoms with Crippen LogP contribution in [-0.4, -0.2) is 60.4 Å². The molecule has 0 radical (unpaired) electrons. The lowest BCUT2D eigenvalue weighted by Gasteiger charge is -2.29. The first kappa shape index (κ1) is 18.9. The Balaban J connectivity index is 2.40. The highest BCUT2D eigenvalue weighted by atomic mass is 16.2. The Morgan fingerprint density at radius 2 is 1.55 bits per heavy atom. The smallest absolute Gasteiger partial charge is 0.240 e. The molecule has 22 heavy (non-hydrogen) atoms. The van der Waals surface area contributed by atoms with Gasteiger partial charge in [-0.2, -0.15) is 0 Å². The largest absolute Gasteiger partial charge is 0.350 e. The molecule has 1 N–H and O–H groups in total. The van der Waals surface area contributed by atoms with Gasteiger partial charge in [-0.3, -0.25) is 14.5 Å². The van der Waals surface area contributed by atoms with E-state index in [0.717, 1.165) is 0 Å². The van der Waals surface area contributed by atoms with Crippen LogP contribution in [0, 0.1) is 0 Å². The third-order valence-corrected chi connectivity index (χ3v) is 4.15. The molecule has 1 aliphatic carbocycles. The predicted molar refractivity (Wildman–Crippen MR) is 89.7 cm³/mol. The van der Waals surface area contributed by atoms with Gasteiger partial charge in [0, 0.05) is 18.6 Å². The van der Waals surface area contributed by atoms with Crippen molar-refractivity contribution in [3.05, 3.63) is 0 Å². The van der Waals surface area contributed by atoms with Crippen LogP contribution in [0.3, 0.4) is 0 Å². The first-order chi connectivity index (χ1) is 10.2. The topological polar surface area (TPSA) is 52.7 Å². The lowest BCUT2D eigenvalue weighted by Crippen LogP contribution is -2.48. The highest BCUT2D eigenvalue weighted by Crippen LogP contribution is 2.20. The standard InChI is InChI=1S/C17H33N3O2/c1-17(2,3)18-15(21)12-20(5)16(22)13-19(4)14-10-8-6-7-9-11-14/h14H,6-13H2,1-5H3,(H,18,21). The summed E-state index contributed by atoms with van der Waals surface area (Å²) in [4.78, 5) is 27.9. The molecule has 0 atom stereocenters. The highest BCUT2D eigenvalue weighted by molar-refractivity contribution is 5.85. The molecule has 2 amide bonds. The molecule has 1 rings (SSSR count). The third kappa shape index (κ3) is 7.25. The van der Waals surface area contributed by atoms with Crippen LogP contribution in [0.25, 0.3) is 0 Å². The maximum atomic E-state index is 12.3. The molecule has 0 saturated heterocycles. The normalized spacial score (nSPS) is 17.2. The summed E-state index contributed by atoms with van der Waals surface area (Å²) in [6.45, 7) is 6.32. The molecule has 5 nitrogen and oxygen atoms in total. The molecular formula is C17H33N3O2. The number of nitrogens with one attached hydrogen (secondary N) is 1. The summed E-state index contributed by atoms with van der Waals surface area (Å²) in [5, 5.41) is 2.88. The number of nitrogens with zero attached hydrogens (tertiary/aromatic N) is 2. The fraction of sp³-hybridized carbons (Fsp3) is 0.882. The van der Waals surface area contributed by atoms with Crippen LogP contribution in [0.1, 0.15) is 59.3 Å². The summed E-state index contributed by atoms with van der Waals surface area (Å²) < 4.78 is 0. The monoisotopic (exact) mass is 311 g/mol. The lowest BCUT2D eigenvalue weighted by molar-refractivity contribution is -0.136. The van der Waals surface area contributed by atoms with Crippen molar-refractivity contribution in [2.45, 2.75) is 70.9 Å². The molecule has 1 aliphatic rings. The Bertz CT molecular complexity index is 369. The Kier molecular flexibility index (Phi) is 7.33. The zero-order valence-electron chi connectivity index (χ0n) is 14.9. The highest BCUT2D eigenvalue weighted by Gasteiger charge is 2.22. The Morgan fingerprint density at radius 3 is 2.05 bits per heavy atom. The van der Waals surface area contributed by atoms with E-state index in [1.165, 1.54) is 43.4 Å². The Hall–Kier alpha value is -1.10. The summed E-state index contributed by atoms with van der Waals surface area (Å²) in [6, 6.07) is 0.503. The van der Waals surface area contributed by atoms with Gasteiger partial charge in [0.15, 0.2) is 0 Å². The number of hydrogen-bond acceptors (Lipinski definition) is 3. The minimum absolute atomic E-state index is 0.0100. The van der Waals surface area contributed by atoms with Crippen LogP contribution in [0.5, 0.6) is 0 Å². The molecular weight excluding hydrogens is 278 g/mol. The van der Waals surface area contributed by atoms with Crippen LogP contribution in [-0.2, 0) is 9.59 Å². The third-order valence-electron chi connectivity index (χ3n) is 4.15. The van der Waals surface area contributed by atoms with Crippen molar-refractivity contribution in [3.63, 3.8) is 0 Å². The van der Waals surface area contributed by atoms with Gasteiger partial charge in [0.2, 0.25) is 11.8 Å². The summed E-state index contributed by atoms with van der Waals surface area (Å²) in [5.41, 5.74) is -0.266. The van der Waals surface area contributed by atoms with Crippen LogP contribution in [0.2, 0.25) is 0 Å². The van der Waals surface area contributed by atoms with Gasteiger partial charge in [-0.25, -0.2) is 0 Å². The van der Waals surface area contributed by atoms with Crippen molar-refractivity contribution < 1.29 is 9.59 Å². The fourth-order valence-corrected chi connectivity index (χ4v) is 2.92. The van der Waals surface area contributed by atoms with Crippen LogP contribution < -0.4 is 5.32 Å². The van der Waals surface area contributed by atoms with E-state index < -0.39 is 0 Å². The zero-order chi connectivity index (χ0) is 16.8. The molecule has 0 aromatic rings. The molecule has 128 valence electrons. The average molecular weight is 311 g/mol. The van der Waals surface area contributed by atoms with E-state index in [1.54, 1.807) is 7.05 Å². The van der Waals surface area contributed by atoms with E-state index in [4.69, 9.17) is 0 Å². The summed E-state index contributed by atoms with van der Waals surface area (Å²) >= 11 is 0. The van der Waals surface area contributed by atoms with Gasteiger partial charge in [-0.1, -0.05) is 25.7 Å². The number of carbonyl (C=O) groups is 2. The maximum Gasteiger partial charge on any atom is 0.240 e. The van der Waals surface area contributed by atoms with Crippen LogP contribution in [0.15, 0.2) is 0 Å². The molecule has 0 aromatic heterocycles. The summed E-state index contributed by atoms with van der Waals surface area (Å²) in [6.07, 6.45) is 7.49. The molecule has 0 bridgehead atoms. The van der Waals surface area contributed by atoms with Gasteiger partial charge < -0.3 is 10.2 Å². The second kappa shape index (κ2) is 8.51. The second-order valence-corrected chi connectivity index (χ2v) is 7.61. The molecule has 0 aromatic carbocycles. The predicted octanol–water partition coefficient (Wildman–Crippen LogP) is 2.01. The zero-order valence-corrected chi connectivity index (χ0v) is 14.9. The van der Waals surface area contributed by atoms with Gasteiger partial charge in [0.1, 0.15) is 0 Å². The van der Waals surface area contributed by atoms with Crippen molar-refractivity contribution in [3.8, 4) is 0 Å². The Morgan fingerprint density at radius 1 is 1.00 bits per heavy atom. The lowest BCUT2D eigenvalue weighted by atomic mass is 10.1. The molecule has 0 unspecified atom stereocenters. The molecule has 0 spiro atoms. The van der Waals surface area contributed by atoms with E-state index in [1.807, 2.05) is 27.8 Å². The van der Waals surface area contributed by atoms with Crippen LogP contribution in [0.4, 0.5) is 0 Å². The molecule has 0 heterocycles. The minimum atomic E-state index is -0.266. The van der Waals surface area contributed by atoms with Gasteiger partial charge in [-0.05, 0) is 40.7 Å². The average Bonchev–Trinajstić information content (AvgIpc) is 2.64. The van der Waals surface area contributed by atoms with Crippen molar-refractivity contribution >= 4 is 11.8 Å². The molecule has 1 fully saturated rings. The number of hydrogen-bond donors (Lipinski definition) is 1. The van der Waals surface area contributed by atoms with Gasteiger partial charge in [0.05, 0.1) is 13.1 Å². The number of carbonyl (C=O) groups excluding carboxylic acids is 2. The minimum Gasteiger partial charge on any atom is -0.350 e. The van der Waals surface area contributed by atoms with Crippen LogP contribution >= 0.6 is 0 Å². The number of rotatable bonds is 5. The molecule has 1 saturated carbocycles. The summed E-state index contributed by atoms with van der Waals surface area (Å²) in [7, 11) is 3.72. The Labute approximate surface area is 135 Å². The van der Waals surface area contributed by atoms with Crippen molar-refractivity contribution in [1.82, 2.24) is 15.1 Å². The van der Waals surface area contributed by atoms with Gasteiger partial charge in [-0.15, -0.1) is 0 Å². The number of likely N-dealkylation sites (N-methyl/N-ethyl adjacent to an activating group) is 2. The van der Waals surface area contributed by atoms with Crippen molar-refractivity contribution in [1.29, 1.82) is 0 Å². The first-order valence-electron chi connectivity index (χ1n) is 8.44. The second-order valence-electron chi connectivity index (χ2n) is 7.61. The SMILES string of the molecule is CN(CC(=O)NC(C)(C)C)C(=O)CN(C)C1CCCCCC1. The van der Waals surface area contributed by atoms with E-state index in [0.29, 0.717) is 12.6 Å². The van der Waals surface area contributed by atoms with Crippen molar-refractivity contribution in [2.24, 2.45) is 0 Å². The van der Waals surface area contributed by atoms with E-state index in [2.05, 4.69) is 10.2 Å². The summed E-state index contributed by atoms with van der Waals surface area (Å²) in [5.74, 6) is -0.101. The van der Waals surface area contributed by atoms with E-state index >= 15 is 0 Å². The van der Waals surface area contributed by atoms with Gasteiger partial charge >= 0.3 is 0 Å². The van der Waals surface area contributed by atoms with E-state index in [-0.39, 0.29) is 23.9 Å². The van der Waals surface area contributed by atoms with Gasteiger partial charge in [0.25, 0.3) is 0 Å². The first-order valence-corrected chi connectivity index (χ1v) is 8.44. The quantitative estimate of drug-likeness (QED) is 0.790. The fourth-order valence-electron chi connectivity index (χ4n) is 2.92.